The average molecular weight is 367 g/mol. The van der Waals surface area contributed by atoms with Crippen molar-refractivity contribution in [2.45, 2.75) is 51.9 Å². The second kappa shape index (κ2) is 10.1. The maximum Gasteiger partial charge on any atom is 0.262 e. The smallest absolute Gasteiger partial charge is 0.262 e. The Morgan fingerprint density at radius 1 is 1.00 bits per heavy atom. The van der Waals surface area contributed by atoms with Gasteiger partial charge in [0, 0.05) is 17.5 Å². The standard InChI is InChI=1S/C23H30N2O2/c1-2-3-4-5-6-7-8-15-27-21-14-10-12-18-11-9-13-19(22(18)21)16-20-17-24-25-23(20)26/h9-14,16,24H,2-8,15,17H2,1H3,(H,25,26)/b20-16+. The van der Waals surface area contributed by atoms with Gasteiger partial charge in [0.25, 0.3) is 5.91 Å². The van der Waals surface area contributed by atoms with Crippen LogP contribution in [0.4, 0.5) is 0 Å². The number of amides is 1. The van der Waals surface area contributed by atoms with Gasteiger partial charge in [-0.05, 0) is 29.5 Å². The Balaban J connectivity index is 1.66. The first kappa shape index (κ1) is 19.4. The van der Waals surface area contributed by atoms with Gasteiger partial charge in [-0.2, -0.15) is 0 Å². The third kappa shape index (κ3) is 5.33. The van der Waals surface area contributed by atoms with Crippen LogP contribution in [0.2, 0.25) is 0 Å². The van der Waals surface area contributed by atoms with E-state index in [0.29, 0.717) is 6.54 Å². The normalized spacial score (nSPS) is 15.4. The predicted octanol–water partition coefficient (Wildman–Crippen LogP) is 4.99. The van der Waals surface area contributed by atoms with E-state index >= 15 is 0 Å². The lowest BCUT2D eigenvalue weighted by atomic mass is 10.0. The van der Waals surface area contributed by atoms with Crippen LogP contribution in [-0.2, 0) is 4.79 Å². The molecule has 0 aromatic heterocycles. The summed E-state index contributed by atoms with van der Waals surface area (Å²) in [4.78, 5) is 11.9. The summed E-state index contributed by atoms with van der Waals surface area (Å²) in [5, 5.41) is 2.21. The summed E-state index contributed by atoms with van der Waals surface area (Å²) < 4.78 is 6.13. The Bertz CT molecular complexity index is 793. The number of unbranched alkanes of at least 4 members (excludes halogenated alkanes) is 6. The highest BCUT2D eigenvalue weighted by molar-refractivity contribution is 6.03. The lowest BCUT2D eigenvalue weighted by molar-refractivity contribution is -0.116. The fourth-order valence-electron chi connectivity index (χ4n) is 3.50. The molecule has 4 nitrogen and oxygen atoms in total. The second-order valence-corrected chi connectivity index (χ2v) is 7.15. The van der Waals surface area contributed by atoms with Crippen molar-refractivity contribution >= 4 is 22.8 Å². The van der Waals surface area contributed by atoms with Gasteiger partial charge in [0.15, 0.2) is 0 Å². The number of carbonyl (C=O) groups is 1. The van der Waals surface area contributed by atoms with Crippen LogP contribution in [0.5, 0.6) is 5.75 Å². The molecule has 1 aliphatic rings. The molecule has 0 radical (unpaired) electrons. The molecule has 1 saturated heterocycles. The van der Waals surface area contributed by atoms with Crippen LogP contribution in [0.1, 0.15) is 57.4 Å². The minimum absolute atomic E-state index is 0.0616. The van der Waals surface area contributed by atoms with Gasteiger partial charge in [-0.3, -0.25) is 10.2 Å². The van der Waals surface area contributed by atoms with Crippen molar-refractivity contribution in [2.24, 2.45) is 0 Å². The minimum atomic E-state index is -0.0616. The molecule has 0 bridgehead atoms. The Morgan fingerprint density at radius 2 is 1.74 bits per heavy atom. The molecule has 0 saturated carbocycles. The van der Waals surface area contributed by atoms with E-state index in [-0.39, 0.29) is 5.91 Å². The molecular weight excluding hydrogens is 336 g/mol. The SMILES string of the molecule is CCCCCCCCCOc1cccc2cccc(/C=C3\CNNC3=O)c12. The average Bonchev–Trinajstić information content (AvgIpc) is 3.09. The van der Waals surface area contributed by atoms with Gasteiger partial charge in [0.05, 0.1) is 6.61 Å². The topological polar surface area (TPSA) is 50.4 Å². The van der Waals surface area contributed by atoms with Gasteiger partial charge < -0.3 is 4.74 Å². The molecule has 2 aromatic carbocycles. The van der Waals surface area contributed by atoms with Crippen LogP contribution in [0.25, 0.3) is 16.8 Å². The fraction of sp³-hybridized carbons (Fsp3) is 0.435. The van der Waals surface area contributed by atoms with E-state index in [0.717, 1.165) is 40.7 Å². The second-order valence-electron chi connectivity index (χ2n) is 7.15. The lowest BCUT2D eigenvalue weighted by Crippen LogP contribution is -2.25. The quantitative estimate of drug-likeness (QED) is 0.460. The van der Waals surface area contributed by atoms with Gasteiger partial charge in [-0.25, -0.2) is 5.43 Å². The highest BCUT2D eigenvalue weighted by Gasteiger charge is 2.16. The number of hydrogen-bond acceptors (Lipinski definition) is 3. The first-order chi connectivity index (χ1) is 13.3. The number of ether oxygens (including phenoxy) is 1. The molecule has 1 heterocycles. The Labute approximate surface area is 162 Å². The summed E-state index contributed by atoms with van der Waals surface area (Å²) in [6.07, 6.45) is 10.9. The molecule has 1 fully saturated rings. The summed E-state index contributed by atoms with van der Waals surface area (Å²) in [6, 6.07) is 12.3. The molecule has 2 aromatic rings. The number of hydrazine groups is 1. The van der Waals surface area contributed by atoms with Gasteiger partial charge in [0.2, 0.25) is 0 Å². The number of nitrogens with one attached hydrogen (secondary N) is 2. The fourth-order valence-corrected chi connectivity index (χ4v) is 3.50. The number of benzene rings is 2. The monoisotopic (exact) mass is 366 g/mol. The number of rotatable bonds is 10. The van der Waals surface area contributed by atoms with Crippen molar-refractivity contribution < 1.29 is 9.53 Å². The van der Waals surface area contributed by atoms with Crippen molar-refractivity contribution in [2.75, 3.05) is 13.2 Å². The Hall–Kier alpha value is -2.33. The summed E-state index contributed by atoms with van der Waals surface area (Å²) in [6.45, 7) is 3.52. The van der Waals surface area contributed by atoms with Crippen LogP contribution in [0, 0.1) is 0 Å². The molecule has 2 N–H and O–H groups in total. The van der Waals surface area contributed by atoms with Crippen LogP contribution in [0.15, 0.2) is 42.0 Å². The number of carbonyl (C=O) groups excluding carboxylic acids is 1. The maximum atomic E-state index is 11.9. The summed E-state index contributed by atoms with van der Waals surface area (Å²) >= 11 is 0. The zero-order valence-electron chi connectivity index (χ0n) is 16.2. The minimum Gasteiger partial charge on any atom is -0.493 e. The number of hydrogen-bond donors (Lipinski definition) is 2. The van der Waals surface area contributed by atoms with Crippen molar-refractivity contribution in [1.29, 1.82) is 0 Å². The Kier molecular flexibility index (Phi) is 7.28. The molecule has 3 rings (SSSR count). The van der Waals surface area contributed by atoms with Crippen molar-refractivity contribution in [1.82, 2.24) is 10.9 Å². The number of fused-ring (bicyclic) bond motifs is 1. The van der Waals surface area contributed by atoms with E-state index in [1.165, 1.54) is 38.5 Å². The highest BCUT2D eigenvalue weighted by Crippen LogP contribution is 2.31. The lowest BCUT2D eigenvalue weighted by Gasteiger charge is -2.12. The first-order valence-corrected chi connectivity index (χ1v) is 10.2. The summed E-state index contributed by atoms with van der Waals surface area (Å²) in [5.41, 5.74) is 7.27. The largest absolute Gasteiger partial charge is 0.493 e. The highest BCUT2D eigenvalue weighted by atomic mass is 16.5. The molecule has 1 amide bonds. The van der Waals surface area contributed by atoms with Gasteiger partial charge in [0.1, 0.15) is 5.75 Å². The summed E-state index contributed by atoms with van der Waals surface area (Å²) in [5.74, 6) is 0.839. The molecule has 0 spiro atoms. The molecule has 144 valence electrons. The molecular formula is C23H30N2O2. The molecule has 0 aliphatic carbocycles. The van der Waals surface area contributed by atoms with E-state index in [9.17, 15) is 4.79 Å². The van der Waals surface area contributed by atoms with Crippen molar-refractivity contribution in [3.05, 3.63) is 47.5 Å². The van der Waals surface area contributed by atoms with Crippen LogP contribution in [0.3, 0.4) is 0 Å². The van der Waals surface area contributed by atoms with Crippen LogP contribution < -0.4 is 15.6 Å². The molecule has 0 unspecified atom stereocenters. The van der Waals surface area contributed by atoms with Gasteiger partial charge in [-0.1, -0.05) is 75.8 Å². The van der Waals surface area contributed by atoms with Crippen LogP contribution in [-0.4, -0.2) is 19.1 Å². The maximum absolute atomic E-state index is 11.9. The van der Waals surface area contributed by atoms with E-state index in [2.05, 4.69) is 29.9 Å². The van der Waals surface area contributed by atoms with E-state index in [1.54, 1.807) is 0 Å². The molecule has 1 aliphatic heterocycles. The first-order valence-electron chi connectivity index (χ1n) is 10.2. The van der Waals surface area contributed by atoms with Crippen LogP contribution >= 0.6 is 0 Å². The third-order valence-corrected chi connectivity index (χ3v) is 5.01. The summed E-state index contributed by atoms with van der Waals surface area (Å²) in [7, 11) is 0. The molecule has 4 heteroatoms. The zero-order chi connectivity index (χ0) is 18.9. The van der Waals surface area contributed by atoms with E-state index in [1.807, 2.05) is 30.3 Å². The third-order valence-electron chi connectivity index (χ3n) is 5.01. The zero-order valence-corrected chi connectivity index (χ0v) is 16.2. The molecule has 0 atom stereocenters. The van der Waals surface area contributed by atoms with E-state index in [4.69, 9.17) is 4.74 Å². The Morgan fingerprint density at radius 3 is 2.48 bits per heavy atom. The predicted molar refractivity (Wildman–Crippen MR) is 112 cm³/mol. The van der Waals surface area contributed by atoms with Gasteiger partial charge in [-0.15, -0.1) is 0 Å². The van der Waals surface area contributed by atoms with Gasteiger partial charge >= 0.3 is 0 Å². The van der Waals surface area contributed by atoms with Crippen molar-refractivity contribution in [3.63, 3.8) is 0 Å². The van der Waals surface area contributed by atoms with E-state index < -0.39 is 0 Å². The van der Waals surface area contributed by atoms with Crippen molar-refractivity contribution in [3.8, 4) is 5.75 Å². The molecule has 27 heavy (non-hydrogen) atoms.